The van der Waals surface area contributed by atoms with Crippen molar-refractivity contribution in [3.63, 3.8) is 0 Å². The Morgan fingerprint density at radius 3 is 2.50 bits per heavy atom. The van der Waals surface area contributed by atoms with E-state index in [-0.39, 0.29) is 5.91 Å². The molecule has 0 bridgehead atoms. The molecule has 0 saturated carbocycles. The molecule has 116 valence electrons. The van der Waals surface area contributed by atoms with Crippen LogP contribution < -0.4 is 10.1 Å². The highest BCUT2D eigenvalue weighted by molar-refractivity contribution is 7.98. The Hall–Kier alpha value is -1.94. The first kappa shape index (κ1) is 16.4. The summed E-state index contributed by atoms with van der Waals surface area (Å²) in [6.45, 7) is 4.24. The average molecular weight is 315 g/mol. The van der Waals surface area contributed by atoms with Crippen LogP contribution in [0.15, 0.2) is 53.4 Å². The SMILES string of the molecule is CSc1ccc(CNC(=O)C(C)Oc2ccccc2C)cc1. The van der Waals surface area contributed by atoms with Crippen LogP contribution in [0.1, 0.15) is 18.1 Å². The minimum absolute atomic E-state index is 0.114. The molecule has 2 aromatic carbocycles. The molecular formula is C18H21NO2S. The fraction of sp³-hybridized carbons (Fsp3) is 0.278. The highest BCUT2D eigenvalue weighted by atomic mass is 32.2. The number of para-hydroxylation sites is 1. The summed E-state index contributed by atoms with van der Waals surface area (Å²) >= 11 is 1.70. The van der Waals surface area contributed by atoms with Crippen molar-refractivity contribution in [2.75, 3.05) is 6.26 Å². The number of amides is 1. The van der Waals surface area contributed by atoms with Crippen LogP contribution >= 0.6 is 11.8 Å². The third-order valence-corrected chi connectivity index (χ3v) is 4.14. The maximum atomic E-state index is 12.1. The number of carbonyl (C=O) groups excluding carboxylic acids is 1. The molecule has 0 aliphatic rings. The van der Waals surface area contributed by atoms with Crippen molar-refractivity contribution in [3.8, 4) is 5.75 Å². The third-order valence-electron chi connectivity index (χ3n) is 3.39. The topological polar surface area (TPSA) is 38.3 Å². The second-order valence-corrected chi connectivity index (χ2v) is 5.97. The van der Waals surface area contributed by atoms with Crippen LogP contribution in [0.3, 0.4) is 0 Å². The fourth-order valence-corrected chi connectivity index (χ4v) is 2.42. The maximum Gasteiger partial charge on any atom is 0.261 e. The molecule has 0 radical (unpaired) electrons. The molecule has 1 N–H and O–H groups in total. The van der Waals surface area contributed by atoms with E-state index in [0.29, 0.717) is 6.54 Å². The van der Waals surface area contributed by atoms with Crippen molar-refractivity contribution >= 4 is 17.7 Å². The molecule has 0 aromatic heterocycles. The molecule has 0 spiro atoms. The lowest BCUT2D eigenvalue weighted by Crippen LogP contribution is -2.36. The van der Waals surface area contributed by atoms with Gasteiger partial charge >= 0.3 is 0 Å². The van der Waals surface area contributed by atoms with Crippen molar-refractivity contribution in [2.45, 2.75) is 31.4 Å². The predicted molar refractivity (Wildman–Crippen MR) is 91.3 cm³/mol. The Morgan fingerprint density at radius 1 is 1.18 bits per heavy atom. The van der Waals surface area contributed by atoms with E-state index in [9.17, 15) is 4.79 Å². The van der Waals surface area contributed by atoms with E-state index < -0.39 is 6.10 Å². The van der Waals surface area contributed by atoms with Gasteiger partial charge in [-0.05, 0) is 49.4 Å². The van der Waals surface area contributed by atoms with E-state index >= 15 is 0 Å². The van der Waals surface area contributed by atoms with Crippen LogP contribution in [0, 0.1) is 6.92 Å². The van der Waals surface area contributed by atoms with Gasteiger partial charge in [-0.15, -0.1) is 11.8 Å². The first-order valence-corrected chi connectivity index (χ1v) is 8.45. The summed E-state index contributed by atoms with van der Waals surface area (Å²) in [5.74, 6) is 0.631. The van der Waals surface area contributed by atoms with Crippen LogP contribution in [-0.4, -0.2) is 18.3 Å². The summed E-state index contributed by atoms with van der Waals surface area (Å²) in [6.07, 6.45) is 1.52. The van der Waals surface area contributed by atoms with Crippen LogP contribution in [-0.2, 0) is 11.3 Å². The van der Waals surface area contributed by atoms with Gasteiger partial charge in [0.05, 0.1) is 0 Å². The van der Waals surface area contributed by atoms with Gasteiger partial charge in [0.1, 0.15) is 5.75 Å². The lowest BCUT2D eigenvalue weighted by atomic mass is 10.2. The zero-order chi connectivity index (χ0) is 15.9. The van der Waals surface area contributed by atoms with Gasteiger partial charge in [0.2, 0.25) is 0 Å². The molecular weight excluding hydrogens is 294 g/mol. The number of benzene rings is 2. The lowest BCUT2D eigenvalue weighted by molar-refractivity contribution is -0.127. The first-order valence-electron chi connectivity index (χ1n) is 7.23. The molecule has 1 atom stereocenters. The standard InChI is InChI=1S/C18H21NO2S/c1-13-6-4-5-7-17(13)21-14(2)18(20)19-12-15-8-10-16(22-3)11-9-15/h4-11,14H,12H2,1-3H3,(H,19,20). The van der Waals surface area contributed by atoms with E-state index in [0.717, 1.165) is 16.9 Å². The van der Waals surface area contributed by atoms with Gasteiger partial charge in [-0.3, -0.25) is 4.79 Å². The molecule has 0 heterocycles. The molecule has 1 amide bonds. The van der Waals surface area contributed by atoms with E-state index in [1.807, 2.05) is 49.6 Å². The lowest BCUT2D eigenvalue weighted by Gasteiger charge is -2.16. The number of nitrogens with one attached hydrogen (secondary N) is 1. The molecule has 22 heavy (non-hydrogen) atoms. The molecule has 0 fully saturated rings. The van der Waals surface area contributed by atoms with E-state index in [4.69, 9.17) is 4.74 Å². The summed E-state index contributed by atoms with van der Waals surface area (Å²) in [6, 6.07) is 15.9. The molecule has 0 saturated heterocycles. The monoisotopic (exact) mass is 315 g/mol. The highest BCUT2D eigenvalue weighted by Gasteiger charge is 2.15. The number of thioether (sulfide) groups is 1. The zero-order valence-corrected chi connectivity index (χ0v) is 13.9. The number of hydrogen-bond acceptors (Lipinski definition) is 3. The van der Waals surface area contributed by atoms with Gasteiger partial charge in [0.15, 0.2) is 6.10 Å². The molecule has 2 rings (SSSR count). The van der Waals surface area contributed by atoms with Crippen molar-refractivity contribution < 1.29 is 9.53 Å². The number of ether oxygens (including phenoxy) is 1. The largest absolute Gasteiger partial charge is 0.481 e. The van der Waals surface area contributed by atoms with Crippen LogP contribution in [0.2, 0.25) is 0 Å². The number of aryl methyl sites for hydroxylation is 1. The van der Waals surface area contributed by atoms with Crippen molar-refractivity contribution in [1.29, 1.82) is 0 Å². The summed E-state index contributed by atoms with van der Waals surface area (Å²) in [5, 5.41) is 2.91. The number of carbonyl (C=O) groups is 1. The normalized spacial score (nSPS) is 11.8. The van der Waals surface area contributed by atoms with E-state index in [1.165, 1.54) is 4.90 Å². The molecule has 2 aromatic rings. The quantitative estimate of drug-likeness (QED) is 0.824. The van der Waals surface area contributed by atoms with Gasteiger partial charge in [0.25, 0.3) is 5.91 Å². The average Bonchev–Trinajstić information content (AvgIpc) is 2.55. The Labute approximate surface area is 136 Å². The van der Waals surface area contributed by atoms with Crippen LogP contribution in [0.25, 0.3) is 0 Å². The summed E-state index contributed by atoms with van der Waals surface area (Å²) < 4.78 is 5.72. The molecule has 3 nitrogen and oxygen atoms in total. The zero-order valence-electron chi connectivity index (χ0n) is 13.1. The summed E-state index contributed by atoms with van der Waals surface area (Å²) in [5.41, 5.74) is 2.10. The third kappa shape index (κ3) is 4.53. The minimum Gasteiger partial charge on any atom is -0.481 e. The highest BCUT2D eigenvalue weighted by Crippen LogP contribution is 2.18. The second-order valence-electron chi connectivity index (χ2n) is 5.09. The molecule has 0 aliphatic heterocycles. The first-order chi connectivity index (χ1) is 10.6. The summed E-state index contributed by atoms with van der Waals surface area (Å²) in [7, 11) is 0. The van der Waals surface area contributed by atoms with Gasteiger partial charge in [-0.25, -0.2) is 0 Å². The fourth-order valence-electron chi connectivity index (χ4n) is 2.01. The minimum atomic E-state index is -0.522. The van der Waals surface area contributed by atoms with E-state index in [2.05, 4.69) is 17.4 Å². The van der Waals surface area contributed by atoms with Crippen molar-refractivity contribution in [2.24, 2.45) is 0 Å². The molecule has 0 aliphatic carbocycles. The van der Waals surface area contributed by atoms with Crippen LogP contribution in [0.5, 0.6) is 5.75 Å². The van der Waals surface area contributed by atoms with Gasteiger partial charge in [-0.2, -0.15) is 0 Å². The Bertz CT molecular complexity index is 625. The second kappa shape index (κ2) is 7.90. The Kier molecular flexibility index (Phi) is 5.90. The molecule has 4 heteroatoms. The van der Waals surface area contributed by atoms with Crippen LogP contribution in [0.4, 0.5) is 0 Å². The molecule has 1 unspecified atom stereocenters. The predicted octanol–water partition coefficient (Wildman–Crippen LogP) is 3.80. The Morgan fingerprint density at radius 2 is 1.86 bits per heavy atom. The number of rotatable bonds is 6. The smallest absolute Gasteiger partial charge is 0.261 e. The van der Waals surface area contributed by atoms with Gasteiger partial charge in [0, 0.05) is 11.4 Å². The Balaban J connectivity index is 1.87. The van der Waals surface area contributed by atoms with Gasteiger partial charge in [-0.1, -0.05) is 30.3 Å². The van der Waals surface area contributed by atoms with Gasteiger partial charge < -0.3 is 10.1 Å². The van der Waals surface area contributed by atoms with Crippen molar-refractivity contribution in [1.82, 2.24) is 5.32 Å². The van der Waals surface area contributed by atoms with E-state index in [1.54, 1.807) is 18.7 Å². The van der Waals surface area contributed by atoms with Crippen molar-refractivity contribution in [3.05, 3.63) is 59.7 Å². The number of hydrogen-bond donors (Lipinski definition) is 1. The maximum absolute atomic E-state index is 12.1. The summed E-state index contributed by atoms with van der Waals surface area (Å²) in [4.78, 5) is 13.3.